The fourth-order valence-corrected chi connectivity index (χ4v) is 3.06. The number of nitrogens with zero attached hydrogens (tertiary/aromatic N) is 1. The molecule has 0 aromatic rings. The van der Waals surface area contributed by atoms with Gasteiger partial charge in [-0.3, -0.25) is 9.59 Å². The molecular formula is C14H23NO2. The molecule has 0 spiro atoms. The number of amides is 1. The van der Waals surface area contributed by atoms with Crippen molar-refractivity contribution >= 4 is 11.7 Å². The maximum atomic E-state index is 12.3. The maximum Gasteiger partial charge on any atom is 0.225 e. The van der Waals surface area contributed by atoms with E-state index in [9.17, 15) is 9.59 Å². The molecule has 1 amide bonds. The minimum absolute atomic E-state index is 0.0986. The van der Waals surface area contributed by atoms with Gasteiger partial charge in [0.1, 0.15) is 5.78 Å². The second-order valence-electron chi connectivity index (χ2n) is 5.84. The third-order valence-corrected chi connectivity index (χ3v) is 4.44. The Balaban J connectivity index is 1.86. The molecule has 1 heterocycles. The van der Waals surface area contributed by atoms with Crippen LogP contribution in [0.3, 0.4) is 0 Å². The van der Waals surface area contributed by atoms with E-state index in [4.69, 9.17) is 0 Å². The number of carbonyl (C=O) groups is 2. The molecule has 0 aromatic carbocycles. The zero-order valence-electron chi connectivity index (χ0n) is 10.9. The Morgan fingerprint density at radius 1 is 1.00 bits per heavy atom. The van der Waals surface area contributed by atoms with Crippen LogP contribution in [-0.2, 0) is 9.59 Å². The van der Waals surface area contributed by atoms with Crippen molar-refractivity contribution in [2.45, 2.75) is 46.0 Å². The summed E-state index contributed by atoms with van der Waals surface area (Å²) in [5.41, 5.74) is 0. The molecule has 0 radical (unpaired) electrons. The van der Waals surface area contributed by atoms with Gasteiger partial charge in [0.25, 0.3) is 0 Å². The summed E-state index contributed by atoms with van der Waals surface area (Å²) in [7, 11) is 0. The third kappa shape index (κ3) is 2.88. The van der Waals surface area contributed by atoms with Gasteiger partial charge < -0.3 is 4.90 Å². The van der Waals surface area contributed by atoms with Crippen LogP contribution in [-0.4, -0.2) is 29.7 Å². The smallest absolute Gasteiger partial charge is 0.225 e. The summed E-state index contributed by atoms with van der Waals surface area (Å²) in [5.74, 6) is 1.65. The van der Waals surface area contributed by atoms with Crippen LogP contribution in [0, 0.1) is 17.8 Å². The van der Waals surface area contributed by atoms with Gasteiger partial charge in [-0.15, -0.1) is 0 Å². The average molecular weight is 237 g/mol. The van der Waals surface area contributed by atoms with Gasteiger partial charge in [0.15, 0.2) is 0 Å². The second kappa shape index (κ2) is 5.19. The largest absolute Gasteiger partial charge is 0.342 e. The Morgan fingerprint density at radius 3 is 2.18 bits per heavy atom. The first-order valence-corrected chi connectivity index (χ1v) is 6.87. The van der Waals surface area contributed by atoms with Gasteiger partial charge in [-0.25, -0.2) is 0 Å². The SMILES string of the molecule is CC(=O)C1CCN(C(=O)C2CCC(C)CC2)C1. The highest BCUT2D eigenvalue weighted by atomic mass is 16.2. The van der Waals surface area contributed by atoms with Gasteiger partial charge in [-0.05, 0) is 44.9 Å². The maximum absolute atomic E-state index is 12.3. The fraction of sp³-hybridized carbons (Fsp3) is 0.857. The molecule has 0 aromatic heterocycles. The standard InChI is InChI=1S/C14H23NO2/c1-10-3-5-12(6-4-10)14(17)15-8-7-13(9-15)11(2)16/h10,12-13H,3-9H2,1-2H3. The van der Waals surface area contributed by atoms with Gasteiger partial charge in [0.2, 0.25) is 5.91 Å². The molecule has 3 nitrogen and oxygen atoms in total. The molecule has 1 atom stereocenters. The van der Waals surface area contributed by atoms with Crippen molar-refractivity contribution in [1.82, 2.24) is 4.90 Å². The van der Waals surface area contributed by atoms with Crippen LogP contribution in [0.4, 0.5) is 0 Å². The minimum Gasteiger partial charge on any atom is -0.342 e. The first kappa shape index (κ1) is 12.6. The Morgan fingerprint density at radius 2 is 1.65 bits per heavy atom. The van der Waals surface area contributed by atoms with E-state index in [-0.39, 0.29) is 17.6 Å². The zero-order valence-corrected chi connectivity index (χ0v) is 10.9. The highest BCUT2D eigenvalue weighted by Crippen LogP contribution is 2.31. The molecule has 2 rings (SSSR count). The lowest BCUT2D eigenvalue weighted by Crippen LogP contribution is -2.36. The average Bonchev–Trinajstić information content (AvgIpc) is 2.78. The third-order valence-electron chi connectivity index (χ3n) is 4.44. The highest BCUT2D eigenvalue weighted by molar-refractivity contribution is 5.83. The molecule has 0 bridgehead atoms. The molecule has 1 saturated heterocycles. The monoisotopic (exact) mass is 237 g/mol. The van der Waals surface area contributed by atoms with E-state index in [1.807, 2.05) is 4.90 Å². The van der Waals surface area contributed by atoms with Crippen molar-refractivity contribution in [1.29, 1.82) is 0 Å². The van der Waals surface area contributed by atoms with Crippen molar-refractivity contribution in [2.75, 3.05) is 13.1 Å². The Kier molecular flexibility index (Phi) is 3.85. The van der Waals surface area contributed by atoms with E-state index >= 15 is 0 Å². The first-order chi connectivity index (χ1) is 8.08. The summed E-state index contributed by atoms with van der Waals surface area (Å²) in [5, 5.41) is 0. The van der Waals surface area contributed by atoms with Gasteiger partial charge in [-0.1, -0.05) is 6.92 Å². The topological polar surface area (TPSA) is 37.4 Å². The number of Topliss-reactive ketones (excluding diaryl/α,β-unsaturated/α-hetero) is 1. The van der Waals surface area contributed by atoms with Crippen LogP contribution in [0.25, 0.3) is 0 Å². The van der Waals surface area contributed by atoms with Gasteiger partial charge >= 0.3 is 0 Å². The number of hydrogen-bond donors (Lipinski definition) is 0. The van der Waals surface area contributed by atoms with Crippen molar-refractivity contribution in [3.05, 3.63) is 0 Å². The molecule has 2 fully saturated rings. The number of carbonyl (C=O) groups excluding carboxylic acids is 2. The summed E-state index contributed by atoms with van der Waals surface area (Å²) in [6, 6.07) is 0. The second-order valence-corrected chi connectivity index (χ2v) is 5.84. The molecule has 2 aliphatic rings. The number of hydrogen-bond acceptors (Lipinski definition) is 2. The molecule has 0 N–H and O–H groups in total. The highest BCUT2D eigenvalue weighted by Gasteiger charge is 2.33. The van der Waals surface area contributed by atoms with E-state index in [2.05, 4.69) is 6.92 Å². The van der Waals surface area contributed by atoms with E-state index in [1.165, 1.54) is 12.8 Å². The van der Waals surface area contributed by atoms with Crippen LogP contribution in [0.1, 0.15) is 46.0 Å². The van der Waals surface area contributed by atoms with Gasteiger partial charge in [0, 0.05) is 24.9 Å². The van der Waals surface area contributed by atoms with Crippen molar-refractivity contribution in [2.24, 2.45) is 17.8 Å². The molecule has 96 valence electrons. The fourth-order valence-electron chi connectivity index (χ4n) is 3.06. The zero-order chi connectivity index (χ0) is 12.4. The Labute approximate surface area is 104 Å². The molecule has 1 unspecified atom stereocenters. The van der Waals surface area contributed by atoms with E-state index in [0.717, 1.165) is 31.7 Å². The lowest BCUT2D eigenvalue weighted by molar-refractivity contribution is -0.136. The summed E-state index contributed by atoms with van der Waals surface area (Å²) >= 11 is 0. The molecule has 1 saturated carbocycles. The molecule has 1 aliphatic heterocycles. The lowest BCUT2D eigenvalue weighted by Gasteiger charge is -2.28. The van der Waals surface area contributed by atoms with Crippen molar-refractivity contribution in [3.63, 3.8) is 0 Å². The first-order valence-electron chi connectivity index (χ1n) is 6.87. The minimum atomic E-state index is 0.0986. The van der Waals surface area contributed by atoms with Crippen LogP contribution >= 0.6 is 0 Å². The summed E-state index contributed by atoms with van der Waals surface area (Å²) < 4.78 is 0. The van der Waals surface area contributed by atoms with Crippen LogP contribution in [0.5, 0.6) is 0 Å². The van der Waals surface area contributed by atoms with Crippen LogP contribution < -0.4 is 0 Å². The van der Waals surface area contributed by atoms with E-state index in [1.54, 1.807) is 6.92 Å². The summed E-state index contributed by atoms with van der Waals surface area (Å²) in [6.45, 7) is 5.36. The molecule has 1 aliphatic carbocycles. The van der Waals surface area contributed by atoms with Crippen molar-refractivity contribution in [3.8, 4) is 0 Å². The van der Waals surface area contributed by atoms with Crippen molar-refractivity contribution < 1.29 is 9.59 Å². The Hall–Kier alpha value is -0.860. The van der Waals surface area contributed by atoms with E-state index in [0.29, 0.717) is 12.5 Å². The van der Waals surface area contributed by atoms with E-state index < -0.39 is 0 Å². The van der Waals surface area contributed by atoms with Crippen LogP contribution in [0.2, 0.25) is 0 Å². The lowest BCUT2D eigenvalue weighted by atomic mass is 9.82. The number of rotatable bonds is 2. The van der Waals surface area contributed by atoms with Gasteiger partial charge in [-0.2, -0.15) is 0 Å². The van der Waals surface area contributed by atoms with Crippen LogP contribution in [0.15, 0.2) is 0 Å². The summed E-state index contributed by atoms with van der Waals surface area (Å²) in [4.78, 5) is 25.5. The molecular weight excluding hydrogens is 214 g/mol. The number of ketones is 1. The predicted octanol–water partition coefficient (Wildman–Crippen LogP) is 2.25. The predicted molar refractivity (Wildman–Crippen MR) is 66.5 cm³/mol. The van der Waals surface area contributed by atoms with Gasteiger partial charge in [0.05, 0.1) is 0 Å². The number of likely N-dealkylation sites (tertiary alicyclic amines) is 1. The quantitative estimate of drug-likeness (QED) is 0.738. The molecule has 17 heavy (non-hydrogen) atoms. The summed E-state index contributed by atoms with van der Waals surface area (Å²) in [6.07, 6.45) is 5.31. The molecule has 3 heteroatoms. The Bertz CT molecular complexity index is 305. The normalized spacial score (nSPS) is 33.8.